The number of anilines is 1. The Morgan fingerprint density at radius 3 is 2.87 bits per heavy atom. The highest BCUT2D eigenvalue weighted by Gasteiger charge is 2.32. The first-order valence-corrected chi connectivity index (χ1v) is 5.79. The summed E-state index contributed by atoms with van der Waals surface area (Å²) in [6.45, 7) is 4.92. The smallest absolute Gasteiger partial charge is 0.240 e. The van der Waals surface area contributed by atoms with Gasteiger partial charge in [0.2, 0.25) is 5.95 Å². The normalized spacial score (nSPS) is 24.6. The minimum Gasteiger partial charge on any atom is -0.370 e. The molecule has 1 saturated heterocycles. The van der Waals surface area contributed by atoms with Gasteiger partial charge in [-0.1, -0.05) is 0 Å². The molecule has 1 unspecified atom stereocenters. The molecule has 2 N–H and O–H groups in total. The molecular formula is C9H15BrN4O. The van der Waals surface area contributed by atoms with Gasteiger partial charge < -0.3 is 10.5 Å². The fraction of sp³-hybridized carbons (Fsp3) is 0.778. The van der Waals surface area contributed by atoms with Crippen LogP contribution in [0.3, 0.4) is 0 Å². The molecule has 1 fully saturated rings. The lowest BCUT2D eigenvalue weighted by atomic mass is 10.1. The summed E-state index contributed by atoms with van der Waals surface area (Å²) >= 11 is 3.31. The number of ether oxygens (including phenoxy) is 1. The third-order valence-corrected chi connectivity index (χ3v) is 3.16. The average Bonchev–Trinajstić information content (AvgIpc) is 2.57. The predicted octanol–water partition coefficient (Wildman–Crippen LogP) is 1.58. The van der Waals surface area contributed by atoms with Crippen molar-refractivity contribution in [2.75, 3.05) is 5.73 Å². The monoisotopic (exact) mass is 274 g/mol. The highest BCUT2D eigenvalue weighted by Crippen LogP contribution is 2.30. The van der Waals surface area contributed by atoms with E-state index in [2.05, 4.69) is 39.9 Å². The summed E-state index contributed by atoms with van der Waals surface area (Å²) in [5.41, 5.74) is 5.48. The lowest BCUT2D eigenvalue weighted by molar-refractivity contribution is -0.0232. The van der Waals surface area contributed by atoms with Crippen LogP contribution in [0.25, 0.3) is 0 Å². The van der Waals surface area contributed by atoms with Gasteiger partial charge in [0.25, 0.3) is 0 Å². The summed E-state index contributed by atoms with van der Waals surface area (Å²) in [7, 11) is 0. The molecule has 2 rings (SSSR count). The van der Waals surface area contributed by atoms with Crippen molar-refractivity contribution in [1.82, 2.24) is 14.8 Å². The van der Waals surface area contributed by atoms with Crippen molar-refractivity contribution >= 4 is 21.9 Å². The van der Waals surface area contributed by atoms with Crippen LogP contribution in [0.15, 0.2) is 4.73 Å². The first-order valence-electron chi connectivity index (χ1n) is 5.00. The summed E-state index contributed by atoms with van der Waals surface area (Å²) in [4.78, 5) is 3.98. The predicted molar refractivity (Wildman–Crippen MR) is 60.3 cm³/mol. The van der Waals surface area contributed by atoms with E-state index in [1.165, 1.54) is 0 Å². The molecule has 15 heavy (non-hydrogen) atoms. The molecule has 6 heteroatoms. The van der Waals surface area contributed by atoms with Gasteiger partial charge in [0.15, 0.2) is 4.73 Å². The van der Waals surface area contributed by atoms with Gasteiger partial charge in [0.1, 0.15) is 0 Å². The van der Waals surface area contributed by atoms with Crippen LogP contribution >= 0.6 is 15.9 Å². The van der Waals surface area contributed by atoms with Crippen molar-refractivity contribution in [3.63, 3.8) is 0 Å². The van der Waals surface area contributed by atoms with Crippen molar-refractivity contribution in [3.8, 4) is 0 Å². The summed E-state index contributed by atoms with van der Waals surface area (Å²) in [5.74, 6) is 0.291. The van der Waals surface area contributed by atoms with E-state index in [-0.39, 0.29) is 11.7 Å². The molecule has 0 bridgehead atoms. The molecule has 0 aromatic carbocycles. The minimum absolute atomic E-state index is 0.0106. The Morgan fingerprint density at radius 1 is 1.67 bits per heavy atom. The number of nitrogens with zero attached hydrogens (tertiary/aromatic N) is 3. The maximum Gasteiger partial charge on any atom is 0.240 e. The topological polar surface area (TPSA) is 66.0 Å². The van der Waals surface area contributed by atoms with Crippen LogP contribution in [-0.4, -0.2) is 26.5 Å². The quantitative estimate of drug-likeness (QED) is 0.889. The van der Waals surface area contributed by atoms with Crippen molar-refractivity contribution in [1.29, 1.82) is 0 Å². The Morgan fingerprint density at radius 2 is 2.40 bits per heavy atom. The summed E-state index contributed by atoms with van der Waals surface area (Å²) in [6.07, 6.45) is 2.34. The number of nitrogen functional groups attached to an aromatic ring is 1. The Bertz CT molecular complexity index is 363. The molecule has 1 aliphatic heterocycles. The molecule has 2 heterocycles. The van der Waals surface area contributed by atoms with Gasteiger partial charge in [-0.2, -0.15) is 4.98 Å². The molecule has 0 aliphatic carbocycles. The van der Waals surface area contributed by atoms with E-state index in [4.69, 9.17) is 10.5 Å². The van der Waals surface area contributed by atoms with Gasteiger partial charge >= 0.3 is 0 Å². The molecule has 1 aromatic rings. The molecule has 0 saturated carbocycles. The zero-order valence-corrected chi connectivity index (χ0v) is 10.5. The van der Waals surface area contributed by atoms with Crippen LogP contribution in [-0.2, 0) is 11.3 Å². The van der Waals surface area contributed by atoms with E-state index >= 15 is 0 Å². The fourth-order valence-electron chi connectivity index (χ4n) is 1.85. The molecule has 5 nitrogen and oxygen atoms in total. The zero-order valence-electron chi connectivity index (χ0n) is 8.90. The first-order chi connectivity index (χ1) is 6.96. The number of rotatable bonds is 2. The molecule has 0 spiro atoms. The SMILES string of the molecule is CC1(C)CCC(Cn2nc(N)nc2Br)O1. The number of nitrogens with two attached hydrogens (primary N) is 1. The number of hydrogen-bond donors (Lipinski definition) is 1. The first kappa shape index (κ1) is 10.9. The maximum atomic E-state index is 5.87. The maximum absolute atomic E-state index is 5.87. The van der Waals surface area contributed by atoms with Crippen LogP contribution in [0.1, 0.15) is 26.7 Å². The summed E-state index contributed by atoms with van der Waals surface area (Å²) in [5, 5.41) is 4.08. The second-order valence-electron chi connectivity index (χ2n) is 4.46. The standard InChI is InChI=1S/C9H15BrN4O/c1-9(2)4-3-6(15-9)5-14-7(10)12-8(11)13-14/h6H,3-5H2,1-2H3,(H2,11,13). The van der Waals surface area contributed by atoms with Gasteiger partial charge in [-0.15, -0.1) is 5.10 Å². The van der Waals surface area contributed by atoms with Gasteiger partial charge in [-0.3, -0.25) is 0 Å². The van der Waals surface area contributed by atoms with E-state index in [0.29, 0.717) is 17.2 Å². The van der Waals surface area contributed by atoms with E-state index < -0.39 is 0 Å². The lowest BCUT2D eigenvalue weighted by Gasteiger charge is -2.19. The lowest BCUT2D eigenvalue weighted by Crippen LogP contribution is -2.23. The molecule has 1 atom stereocenters. The molecule has 0 amide bonds. The molecule has 1 aromatic heterocycles. The van der Waals surface area contributed by atoms with Gasteiger partial charge in [-0.25, -0.2) is 4.68 Å². The Balaban J connectivity index is 2.01. The third kappa shape index (κ3) is 2.49. The minimum atomic E-state index is -0.0106. The zero-order chi connectivity index (χ0) is 11.1. The number of aromatic nitrogens is 3. The van der Waals surface area contributed by atoms with E-state index in [1.807, 2.05) is 0 Å². The second kappa shape index (κ2) is 3.75. The Labute approximate surface area is 97.1 Å². The molecular weight excluding hydrogens is 260 g/mol. The van der Waals surface area contributed by atoms with Crippen LogP contribution in [0.5, 0.6) is 0 Å². The average molecular weight is 275 g/mol. The van der Waals surface area contributed by atoms with Crippen LogP contribution in [0.4, 0.5) is 5.95 Å². The van der Waals surface area contributed by atoms with E-state index in [9.17, 15) is 0 Å². The van der Waals surface area contributed by atoms with E-state index in [0.717, 1.165) is 12.8 Å². The van der Waals surface area contributed by atoms with Crippen LogP contribution in [0, 0.1) is 0 Å². The Kier molecular flexibility index (Phi) is 2.72. The van der Waals surface area contributed by atoms with Gasteiger partial charge in [0.05, 0.1) is 18.2 Å². The largest absolute Gasteiger partial charge is 0.370 e. The van der Waals surface area contributed by atoms with Crippen molar-refractivity contribution in [2.45, 2.75) is 44.9 Å². The summed E-state index contributed by atoms with van der Waals surface area (Å²) < 4.78 is 8.26. The highest BCUT2D eigenvalue weighted by atomic mass is 79.9. The van der Waals surface area contributed by atoms with Crippen molar-refractivity contribution < 1.29 is 4.74 Å². The molecule has 0 radical (unpaired) electrons. The number of hydrogen-bond acceptors (Lipinski definition) is 4. The Hall–Kier alpha value is -0.620. The molecule has 1 aliphatic rings. The second-order valence-corrected chi connectivity index (χ2v) is 5.17. The fourth-order valence-corrected chi connectivity index (χ4v) is 2.26. The van der Waals surface area contributed by atoms with Crippen LogP contribution < -0.4 is 5.73 Å². The van der Waals surface area contributed by atoms with Crippen molar-refractivity contribution in [3.05, 3.63) is 4.73 Å². The summed E-state index contributed by atoms with van der Waals surface area (Å²) in [6, 6.07) is 0. The van der Waals surface area contributed by atoms with Gasteiger partial charge in [0, 0.05) is 0 Å². The van der Waals surface area contributed by atoms with E-state index in [1.54, 1.807) is 4.68 Å². The van der Waals surface area contributed by atoms with Crippen LogP contribution in [0.2, 0.25) is 0 Å². The van der Waals surface area contributed by atoms with Gasteiger partial charge in [-0.05, 0) is 42.6 Å². The highest BCUT2D eigenvalue weighted by molar-refractivity contribution is 9.10. The number of halogens is 1. The van der Waals surface area contributed by atoms with Crippen molar-refractivity contribution in [2.24, 2.45) is 0 Å². The molecule has 84 valence electrons. The third-order valence-electron chi connectivity index (χ3n) is 2.57.